The minimum Gasteiger partial charge on any atom is -0.493 e. The van der Waals surface area contributed by atoms with Gasteiger partial charge in [-0.25, -0.2) is 0 Å². The number of hydrogen-bond donors (Lipinski definition) is 0. The highest BCUT2D eigenvalue weighted by Crippen LogP contribution is 2.49. The summed E-state index contributed by atoms with van der Waals surface area (Å²) in [5, 5.41) is 0. The third-order valence-electron chi connectivity index (χ3n) is 6.14. The Bertz CT molecular complexity index is 1070. The lowest BCUT2D eigenvalue weighted by molar-refractivity contribution is -0.119. The van der Waals surface area contributed by atoms with Crippen LogP contribution in [0, 0.1) is 6.92 Å². The summed E-state index contributed by atoms with van der Waals surface area (Å²) in [7, 11) is 4.67. The Morgan fingerprint density at radius 3 is 2.32 bits per heavy atom. The van der Waals surface area contributed by atoms with Gasteiger partial charge in [0.1, 0.15) is 0 Å². The Morgan fingerprint density at radius 1 is 0.903 bits per heavy atom. The minimum atomic E-state index is -0.384. The van der Waals surface area contributed by atoms with Crippen molar-refractivity contribution >= 4 is 17.4 Å². The Kier molecular flexibility index (Phi) is 5.72. The van der Waals surface area contributed by atoms with E-state index in [0.29, 0.717) is 35.7 Å². The SMILES string of the molecule is COc1ccc(C2CC(=O)N(c3ccccc3C)C3=C2C(=O)CCC3)c(OC)c1OC. The molecule has 0 aromatic heterocycles. The number of amides is 1. The standard InChI is InChI=1S/C25H27NO5/c1-15-8-5-6-9-18(15)26-19-10-7-11-20(27)23(19)17(14-22(26)28)16-12-13-21(29-2)25(31-4)24(16)30-3/h5-6,8-9,12-13,17H,7,10-11,14H2,1-4H3. The van der Waals surface area contributed by atoms with Crippen molar-refractivity contribution in [2.24, 2.45) is 0 Å². The number of para-hydroxylation sites is 1. The number of Topliss-reactive ketones (excluding diaryl/α,β-unsaturated/α-hetero) is 1. The number of carbonyl (C=O) groups excluding carboxylic acids is 2. The van der Waals surface area contributed by atoms with Crippen molar-refractivity contribution in [2.45, 2.75) is 38.5 Å². The van der Waals surface area contributed by atoms with Gasteiger partial charge in [-0.3, -0.25) is 14.5 Å². The van der Waals surface area contributed by atoms with Gasteiger partial charge in [0.15, 0.2) is 17.3 Å². The number of hydrogen-bond acceptors (Lipinski definition) is 5. The average Bonchev–Trinajstić information content (AvgIpc) is 2.78. The topological polar surface area (TPSA) is 65.1 Å². The monoisotopic (exact) mass is 421 g/mol. The van der Waals surface area contributed by atoms with Crippen molar-refractivity contribution in [1.29, 1.82) is 0 Å². The normalized spacial score (nSPS) is 18.7. The van der Waals surface area contributed by atoms with Crippen LogP contribution in [0.3, 0.4) is 0 Å². The second kappa shape index (κ2) is 8.46. The maximum atomic E-state index is 13.5. The molecule has 31 heavy (non-hydrogen) atoms. The number of ether oxygens (including phenoxy) is 3. The van der Waals surface area contributed by atoms with Gasteiger partial charge < -0.3 is 14.2 Å². The molecule has 6 heteroatoms. The number of allylic oxidation sites excluding steroid dienone is 2. The fraction of sp³-hybridized carbons (Fsp3) is 0.360. The molecular formula is C25H27NO5. The predicted octanol–water partition coefficient (Wildman–Crippen LogP) is 4.55. The zero-order chi connectivity index (χ0) is 22.1. The van der Waals surface area contributed by atoms with Gasteiger partial charge in [0.2, 0.25) is 11.7 Å². The quantitative estimate of drug-likeness (QED) is 0.709. The molecule has 4 rings (SSSR count). The number of methoxy groups -OCH3 is 3. The minimum absolute atomic E-state index is 0.0235. The Hall–Kier alpha value is -3.28. The summed E-state index contributed by atoms with van der Waals surface area (Å²) >= 11 is 0. The van der Waals surface area contributed by atoms with Crippen LogP contribution in [0.1, 0.15) is 42.7 Å². The predicted molar refractivity (Wildman–Crippen MR) is 118 cm³/mol. The molecule has 0 saturated carbocycles. The molecule has 1 unspecified atom stereocenters. The number of carbonyl (C=O) groups is 2. The van der Waals surface area contributed by atoms with Crippen molar-refractivity contribution in [3.05, 3.63) is 58.8 Å². The Morgan fingerprint density at radius 2 is 1.65 bits per heavy atom. The molecule has 2 aromatic carbocycles. The first kappa shape index (κ1) is 21.0. The number of anilines is 1. The highest BCUT2D eigenvalue weighted by molar-refractivity contribution is 6.08. The average molecular weight is 421 g/mol. The molecule has 1 aliphatic heterocycles. The van der Waals surface area contributed by atoms with Crippen LogP contribution in [-0.4, -0.2) is 33.0 Å². The van der Waals surface area contributed by atoms with Gasteiger partial charge in [0.25, 0.3) is 0 Å². The molecule has 1 heterocycles. The van der Waals surface area contributed by atoms with Crippen LogP contribution in [0.5, 0.6) is 17.2 Å². The maximum Gasteiger partial charge on any atom is 0.232 e. The zero-order valence-electron chi connectivity index (χ0n) is 18.4. The third kappa shape index (κ3) is 3.46. The molecule has 0 spiro atoms. The first-order valence-electron chi connectivity index (χ1n) is 10.5. The van der Waals surface area contributed by atoms with Crippen LogP contribution in [0.25, 0.3) is 0 Å². The smallest absolute Gasteiger partial charge is 0.232 e. The first-order chi connectivity index (χ1) is 15.0. The molecule has 1 amide bonds. The molecule has 0 fully saturated rings. The summed E-state index contributed by atoms with van der Waals surface area (Å²) < 4.78 is 16.6. The van der Waals surface area contributed by atoms with E-state index in [2.05, 4.69) is 0 Å². The molecular weight excluding hydrogens is 394 g/mol. The van der Waals surface area contributed by atoms with Crippen LogP contribution in [0.4, 0.5) is 5.69 Å². The fourth-order valence-electron chi connectivity index (χ4n) is 4.75. The largest absolute Gasteiger partial charge is 0.493 e. The van der Waals surface area contributed by atoms with Crippen LogP contribution in [0.15, 0.2) is 47.7 Å². The van der Waals surface area contributed by atoms with Gasteiger partial charge in [0.05, 0.1) is 27.0 Å². The molecule has 0 radical (unpaired) electrons. The summed E-state index contributed by atoms with van der Waals surface area (Å²) in [6.45, 7) is 1.98. The summed E-state index contributed by atoms with van der Waals surface area (Å²) in [4.78, 5) is 28.4. The number of benzene rings is 2. The molecule has 0 bridgehead atoms. The maximum absolute atomic E-state index is 13.5. The lowest BCUT2D eigenvalue weighted by Crippen LogP contribution is -2.41. The fourth-order valence-corrected chi connectivity index (χ4v) is 4.75. The second-order valence-electron chi connectivity index (χ2n) is 7.83. The number of aryl methyl sites for hydroxylation is 1. The van der Waals surface area contributed by atoms with Gasteiger partial charge >= 0.3 is 0 Å². The molecule has 1 aliphatic carbocycles. The second-order valence-corrected chi connectivity index (χ2v) is 7.83. The summed E-state index contributed by atoms with van der Waals surface area (Å²) in [6, 6.07) is 11.5. The van der Waals surface area contributed by atoms with E-state index in [9.17, 15) is 9.59 Å². The molecule has 2 aliphatic rings. The van der Waals surface area contributed by atoms with E-state index in [-0.39, 0.29) is 24.0 Å². The third-order valence-corrected chi connectivity index (χ3v) is 6.14. The van der Waals surface area contributed by atoms with E-state index in [0.717, 1.165) is 28.9 Å². The van der Waals surface area contributed by atoms with E-state index in [4.69, 9.17) is 14.2 Å². The molecule has 1 atom stereocenters. The number of nitrogens with zero attached hydrogens (tertiary/aromatic N) is 1. The Balaban J connectivity index is 1.92. The van der Waals surface area contributed by atoms with E-state index < -0.39 is 0 Å². The van der Waals surface area contributed by atoms with Crippen LogP contribution in [0.2, 0.25) is 0 Å². The van der Waals surface area contributed by atoms with E-state index in [1.165, 1.54) is 0 Å². The zero-order valence-corrected chi connectivity index (χ0v) is 18.4. The van der Waals surface area contributed by atoms with Crippen LogP contribution >= 0.6 is 0 Å². The van der Waals surface area contributed by atoms with Crippen molar-refractivity contribution in [2.75, 3.05) is 26.2 Å². The van der Waals surface area contributed by atoms with Gasteiger partial charge in [-0.05, 0) is 37.5 Å². The molecule has 6 nitrogen and oxygen atoms in total. The van der Waals surface area contributed by atoms with Gasteiger partial charge in [-0.2, -0.15) is 0 Å². The number of ketones is 1. The lowest BCUT2D eigenvalue weighted by atomic mass is 9.76. The highest BCUT2D eigenvalue weighted by atomic mass is 16.5. The summed E-state index contributed by atoms with van der Waals surface area (Å²) in [5.74, 6) is 1.18. The van der Waals surface area contributed by atoms with Crippen molar-refractivity contribution in [3.63, 3.8) is 0 Å². The van der Waals surface area contributed by atoms with E-state index in [1.54, 1.807) is 32.3 Å². The molecule has 0 saturated heterocycles. The summed E-state index contributed by atoms with van der Waals surface area (Å²) in [5.41, 5.74) is 4.12. The van der Waals surface area contributed by atoms with Crippen molar-refractivity contribution in [3.8, 4) is 17.2 Å². The van der Waals surface area contributed by atoms with E-state index >= 15 is 0 Å². The molecule has 162 valence electrons. The van der Waals surface area contributed by atoms with Crippen LogP contribution < -0.4 is 19.1 Å². The highest BCUT2D eigenvalue weighted by Gasteiger charge is 2.41. The molecule has 2 aromatic rings. The lowest BCUT2D eigenvalue weighted by Gasteiger charge is -2.39. The van der Waals surface area contributed by atoms with Gasteiger partial charge in [-0.15, -0.1) is 0 Å². The van der Waals surface area contributed by atoms with Crippen LogP contribution in [-0.2, 0) is 9.59 Å². The van der Waals surface area contributed by atoms with Crippen molar-refractivity contribution in [1.82, 2.24) is 0 Å². The molecule has 0 N–H and O–H groups in total. The Labute approximate surface area is 182 Å². The summed E-state index contributed by atoms with van der Waals surface area (Å²) in [6.07, 6.45) is 2.10. The first-order valence-corrected chi connectivity index (χ1v) is 10.5. The van der Waals surface area contributed by atoms with Crippen molar-refractivity contribution < 1.29 is 23.8 Å². The van der Waals surface area contributed by atoms with E-state index in [1.807, 2.05) is 37.3 Å². The van der Waals surface area contributed by atoms with Gasteiger partial charge in [-0.1, -0.05) is 24.3 Å². The number of rotatable bonds is 5. The van der Waals surface area contributed by atoms with Gasteiger partial charge in [0, 0.05) is 35.6 Å².